The van der Waals surface area contributed by atoms with E-state index in [1.807, 2.05) is 19.1 Å². The van der Waals surface area contributed by atoms with Gasteiger partial charge in [-0.1, -0.05) is 32.6 Å². The van der Waals surface area contributed by atoms with Crippen molar-refractivity contribution < 1.29 is 4.39 Å². The van der Waals surface area contributed by atoms with E-state index in [-0.39, 0.29) is 0 Å². The Labute approximate surface area is 125 Å². The predicted octanol–water partition coefficient (Wildman–Crippen LogP) is 5.15. The molecule has 0 bridgehead atoms. The van der Waals surface area contributed by atoms with Crippen LogP contribution in [0.15, 0.2) is 60.7 Å². The number of nitrogens with zero attached hydrogens (tertiary/aromatic N) is 2. The number of halogens is 1. The molecule has 2 aromatic rings. The van der Waals surface area contributed by atoms with Crippen LogP contribution in [0.25, 0.3) is 11.0 Å². The molecular formula is C18H21FN2. The summed E-state index contributed by atoms with van der Waals surface area (Å²) in [4.78, 5) is 4.49. The van der Waals surface area contributed by atoms with Crippen LogP contribution in [-0.2, 0) is 6.54 Å². The second-order valence-electron chi connectivity index (χ2n) is 5.39. The molecular weight excluding hydrogens is 263 g/mol. The van der Waals surface area contributed by atoms with Gasteiger partial charge in [0.25, 0.3) is 0 Å². The zero-order valence-electron chi connectivity index (χ0n) is 12.8. The van der Waals surface area contributed by atoms with Crippen molar-refractivity contribution in [3.63, 3.8) is 0 Å². The average Bonchev–Trinajstić information content (AvgIpc) is 2.82. The Hall–Kier alpha value is -2.16. The van der Waals surface area contributed by atoms with Gasteiger partial charge in [0.2, 0.25) is 0 Å². The highest BCUT2D eigenvalue weighted by molar-refractivity contribution is 5.81. The van der Waals surface area contributed by atoms with Gasteiger partial charge in [0, 0.05) is 24.3 Å². The van der Waals surface area contributed by atoms with E-state index >= 15 is 0 Å². The fraction of sp³-hybridized carbons (Fsp3) is 0.278. The lowest BCUT2D eigenvalue weighted by molar-refractivity contribution is 0.671. The maximum atomic E-state index is 12.8. The Morgan fingerprint density at radius 1 is 1.43 bits per heavy atom. The van der Waals surface area contributed by atoms with E-state index < -0.39 is 5.83 Å². The summed E-state index contributed by atoms with van der Waals surface area (Å²) in [5, 5.41) is 1.18. The molecule has 0 spiro atoms. The first-order valence-corrected chi connectivity index (χ1v) is 7.14. The Morgan fingerprint density at radius 2 is 2.19 bits per heavy atom. The molecule has 0 aliphatic rings. The van der Waals surface area contributed by atoms with E-state index in [2.05, 4.69) is 42.2 Å². The van der Waals surface area contributed by atoms with Gasteiger partial charge in [0.05, 0.1) is 0 Å². The maximum Gasteiger partial charge on any atom is 0.140 e. The molecule has 0 saturated heterocycles. The number of aromatic nitrogens is 2. The summed E-state index contributed by atoms with van der Waals surface area (Å²) in [7, 11) is 0. The second-order valence-corrected chi connectivity index (χ2v) is 5.39. The molecule has 0 aromatic carbocycles. The van der Waals surface area contributed by atoms with Crippen molar-refractivity contribution in [2.24, 2.45) is 0 Å². The molecule has 0 unspecified atom stereocenters. The summed E-state index contributed by atoms with van der Waals surface area (Å²) in [5.74, 6) is 0.000811. The van der Waals surface area contributed by atoms with Crippen molar-refractivity contribution in [2.75, 3.05) is 0 Å². The monoisotopic (exact) mass is 284 g/mol. The van der Waals surface area contributed by atoms with Crippen LogP contribution in [0, 0.1) is 0 Å². The van der Waals surface area contributed by atoms with Crippen molar-refractivity contribution in [2.45, 2.75) is 33.2 Å². The van der Waals surface area contributed by atoms with Crippen molar-refractivity contribution in [3.8, 4) is 0 Å². The standard InChI is InChI=1S/C18H21FN2/c1-5-15(9-8-14(4)19)11-21-12-17(13(2)3)16-7-6-10-20-18(16)21/h5-10,12-13H,4,11H2,1-3H3/b9-8-,15-5+. The number of allylic oxidation sites excluding steroid dienone is 5. The van der Waals surface area contributed by atoms with Crippen LogP contribution in [0.1, 0.15) is 32.3 Å². The van der Waals surface area contributed by atoms with Gasteiger partial charge in [0.15, 0.2) is 0 Å². The Kier molecular flexibility index (Phi) is 4.73. The lowest BCUT2D eigenvalue weighted by Crippen LogP contribution is -1.99. The topological polar surface area (TPSA) is 17.8 Å². The van der Waals surface area contributed by atoms with Crippen LogP contribution < -0.4 is 0 Å². The van der Waals surface area contributed by atoms with Gasteiger partial charge in [0.1, 0.15) is 11.5 Å². The zero-order valence-corrected chi connectivity index (χ0v) is 12.8. The largest absolute Gasteiger partial charge is 0.328 e. The van der Waals surface area contributed by atoms with Crippen molar-refractivity contribution in [1.82, 2.24) is 9.55 Å². The molecule has 0 saturated carbocycles. The van der Waals surface area contributed by atoms with Crippen LogP contribution >= 0.6 is 0 Å². The summed E-state index contributed by atoms with van der Waals surface area (Å²) < 4.78 is 14.9. The Bertz CT molecular complexity index is 705. The van der Waals surface area contributed by atoms with Crippen LogP contribution in [0.4, 0.5) is 4.39 Å². The molecule has 2 aromatic heterocycles. The molecule has 2 heterocycles. The quantitative estimate of drug-likeness (QED) is 0.695. The van der Waals surface area contributed by atoms with Crippen molar-refractivity contribution in [1.29, 1.82) is 0 Å². The summed E-state index contributed by atoms with van der Waals surface area (Å²) in [6, 6.07) is 4.06. The van der Waals surface area contributed by atoms with Crippen molar-refractivity contribution >= 4 is 11.0 Å². The number of hydrogen-bond acceptors (Lipinski definition) is 1. The summed E-state index contributed by atoms with van der Waals surface area (Å²) >= 11 is 0. The van der Waals surface area contributed by atoms with Crippen molar-refractivity contribution in [3.05, 3.63) is 66.3 Å². The molecule has 2 rings (SSSR count). The highest BCUT2D eigenvalue weighted by atomic mass is 19.1. The first-order valence-electron chi connectivity index (χ1n) is 7.14. The van der Waals surface area contributed by atoms with E-state index in [4.69, 9.17) is 0 Å². The SMILES string of the molecule is C=C(F)/C=C\C(=C/C)Cn1cc(C(C)C)c2cccnc21. The zero-order chi connectivity index (χ0) is 15.4. The van der Waals surface area contributed by atoms with Gasteiger partial charge < -0.3 is 4.57 Å². The van der Waals surface area contributed by atoms with Crippen LogP contribution in [-0.4, -0.2) is 9.55 Å². The molecule has 0 aliphatic carbocycles. The number of rotatable bonds is 5. The summed E-state index contributed by atoms with van der Waals surface area (Å²) in [6.45, 7) is 10.2. The minimum atomic E-state index is -0.437. The molecule has 0 radical (unpaired) electrons. The molecule has 2 nitrogen and oxygen atoms in total. The van der Waals surface area contributed by atoms with E-state index in [9.17, 15) is 4.39 Å². The third-order valence-electron chi connectivity index (χ3n) is 3.49. The third kappa shape index (κ3) is 3.48. The first kappa shape index (κ1) is 15.2. The molecule has 0 amide bonds. The predicted molar refractivity (Wildman–Crippen MR) is 87.0 cm³/mol. The molecule has 0 N–H and O–H groups in total. The molecule has 3 heteroatoms. The fourth-order valence-electron chi connectivity index (χ4n) is 2.36. The highest BCUT2D eigenvalue weighted by Gasteiger charge is 2.12. The molecule has 21 heavy (non-hydrogen) atoms. The van der Waals surface area contributed by atoms with Gasteiger partial charge in [-0.25, -0.2) is 9.37 Å². The lowest BCUT2D eigenvalue weighted by atomic mass is 10.0. The second kappa shape index (κ2) is 6.53. The molecule has 0 atom stereocenters. The first-order chi connectivity index (χ1) is 10.0. The number of hydrogen-bond donors (Lipinski definition) is 0. The molecule has 0 aliphatic heterocycles. The van der Waals surface area contributed by atoms with E-state index in [0.29, 0.717) is 12.5 Å². The third-order valence-corrected chi connectivity index (χ3v) is 3.49. The van der Waals surface area contributed by atoms with E-state index in [1.165, 1.54) is 17.0 Å². The van der Waals surface area contributed by atoms with Gasteiger partial charge >= 0.3 is 0 Å². The number of fused-ring (bicyclic) bond motifs is 1. The van der Waals surface area contributed by atoms with Crippen LogP contribution in [0.2, 0.25) is 0 Å². The fourth-order valence-corrected chi connectivity index (χ4v) is 2.36. The normalized spacial score (nSPS) is 12.7. The van der Waals surface area contributed by atoms with Crippen LogP contribution in [0.3, 0.4) is 0 Å². The van der Waals surface area contributed by atoms with E-state index in [0.717, 1.165) is 11.2 Å². The van der Waals surface area contributed by atoms with Gasteiger partial charge in [-0.05, 0) is 42.2 Å². The van der Waals surface area contributed by atoms with Gasteiger partial charge in [-0.15, -0.1) is 0 Å². The Balaban J connectivity index is 2.40. The minimum Gasteiger partial charge on any atom is -0.328 e. The number of pyridine rings is 1. The van der Waals surface area contributed by atoms with Gasteiger partial charge in [-0.3, -0.25) is 0 Å². The minimum absolute atomic E-state index is 0.437. The Morgan fingerprint density at radius 3 is 2.81 bits per heavy atom. The molecule has 0 fully saturated rings. The summed E-state index contributed by atoms with van der Waals surface area (Å²) in [6.07, 6.45) is 9.06. The smallest absolute Gasteiger partial charge is 0.140 e. The molecule has 110 valence electrons. The lowest BCUT2D eigenvalue weighted by Gasteiger charge is -2.05. The summed E-state index contributed by atoms with van der Waals surface area (Å²) in [5.41, 5.74) is 3.27. The average molecular weight is 284 g/mol. The van der Waals surface area contributed by atoms with Gasteiger partial charge in [-0.2, -0.15) is 0 Å². The maximum absolute atomic E-state index is 12.8. The van der Waals surface area contributed by atoms with E-state index in [1.54, 1.807) is 12.3 Å². The van der Waals surface area contributed by atoms with Crippen LogP contribution in [0.5, 0.6) is 0 Å². The highest BCUT2D eigenvalue weighted by Crippen LogP contribution is 2.26.